The van der Waals surface area contributed by atoms with Gasteiger partial charge >= 0.3 is 0 Å². The number of carbonyl (C=O) groups is 1. The van der Waals surface area contributed by atoms with Gasteiger partial charge in [-0.25, -0.2) is 4.99 Å². The summed E-state index contributed by atoms with van der Waals surface area (Å²) in [6.45, 7) is 2.64. The molecule has 1 atom stereocenters. The van der Waals surface area contributed by atoms with Gasteiger partial charge in [-0.1, -0.05) is 36.4 Å². The lowest BCUT2D eigenvalue weighted by Crippen LogP contribution is -2.33. The smallest absolute Gasteiger partial charge is 0.266 e. The highest BCUT2D eigenvalue weighted by atomic mass is 16.5. The van der Waals surface area contributed by atoms with Crippen LogP contribution >= 0.6 is 0 Å². The maximum atomic E-state index is 12.8. The van der Waals surface area contributed by atoms with Crippen LogP contribution in [0.4, 0.5) is 5.69 Å². The first-order chi connectivity index (χ1) is 15.1. The van der Waals surface area contributed by atoms with E-state index in [4.69, 9.17) is 9.73 Å². The van der Waals surface area contributed by atoms with Crippen molar-refractivity contribution in [2.75, 3.05) is 7.11 Å². The lowest BCUT2D eigenvalue weighted by atomic mass is 9.96. The molecule has 0 radical (unpaired) electrons. The number of amides is 1. The molecular formula is C26H23N3O2. The van der Waals surface area contributed by atoms with Crippen LogP contribution in [0.3, 0.4) is 0 Å². The Labute approximate surface area is 181 Å². The standard InChI is InChI=1S/C26H23N3O2/c1-16(17-6-4-3-5-7-17)28-26(30)24-13-19-12-20-15-27-25(22(20)14-23(19)29-24)18-8-10-21(31-2)11-9-18/h3-12,14,16H,13,15H2,1-2H3,(H,28,30)/t16-/m1/s1. The first-order valence-corrected chi connectivity index (χ1v) is 10.4. The summed E-state index contributed by atoms with van der Waals surface area (Å²) in [5.41, 5.74) is 7.87. The monoisotopic (exact) mass is 409 g/mol. The molecule has 0 fully saturated rings. The average molecular weight is 409 g/mol. The fourth-order valence-electron chi connectivity index (χ4n) is 4.13. The van der Waals surface area contributed by atoms with Gasteiger partial charge in [0, 0.05) is 17.5 Å². The van der Waals surface area contributed by atoms with E-state index in [9.17, 15) is 4.79 Å². The van der Waals surface area contributed by atoms with Gasteiger partial charge in [-0.3, -0.25) is 9.79 Å². The molecule has 0 unspecified atom stereocenters. The Morgan fingerprint density at radius 1 is 1.03 bits per heavy atom. The highest BCUT2D eigenvalue weighted by Gasteiger charge is 2.26. The molecule has 5 rings (SSSR count). The Balaban J connectivity index is 1.36. The van der Waals surface area contributed by atoms with Gasteiger partial charge in [0.05, 0.1) is 31.1 Å². The lowest BCUT2D eigenvalue weighted by Gasteiger charge is -2.14. The number of rotatable bonds is 5. The number of methoxy groups -OCH3 is 1. The third-order valence-electron chi connectivity index (χ3n) is 5.85. The van der Waals surface area contributed by atoms with Crippen molar-refractivity contribution >= 4 is 23.0 Å². The van der Waals surface area contributed by atoms with Crippen molar-refractivity contribution in [1.29, 1.82) is 0 Å². The molecule has 2 heterocycles. The van der Waals surface area contributed by atoms with Gasteiger partial charge in [0.15, 0.2) is 0 Å². The Kier molecular flexibility index (Phi) is 4.86. The number of ether oxygens (including phenoxy) is 1. The second-order valence-electron chi connectivity index (χ2n) is 7.87. The number of carbonyl (C=O) groups excluding carboxylic acids is 1. The molecule has 0 saturated carbocycles. The Hall–Kier alpha value is -3.73. The fraction of sp³-hybridized carbons (Fsp3) is 0.192. The van der Waals surface area contributed by atoms with E-state index in [0.717, 1.165) is 39.4 Å². The lowest BCUT2D eigenvalue weighted by molar-refractivity contribution is -0.115. The predicted octanol–water partition coefficient (Wildman–Crippen LogP) is 4.55. The number of hydrogen-bond donors (Lipinski definition) is 1. The summed E-state index contributed by atoms with van der Waals surface area (Å²) in [6, 6.07) is 22.0. The quantitative estimate of drug-likeness (QED) is 0.672. The number of fused-ring (bicyclic) bond motifs is 2. The third-order valence-corrected chi connectivity index (χ3v) is 5.85. The molecule has 0 saturated heterocycles. The molecule has 2 aliphatic rings. The molecule has 154 valence electrons. The van der Waals surface area contributed by atoms with Crippen LogP contribution in [0.5, 0.6) is 5.75 Å². The van der Waals surface area contributed by atoms with Gasteiger partial charge in [0.1, 0.15) is 11.5 Å². The SMILES string of the molecule is COc1ccc(C2=NCc3cc4c(cc32)N=C(C(=O)N[C@H](C)c2ccccc2)C4)cc1. The summed E-state index contributed by atoms with van der Waals surface area (Å²) < 4.78 is 5.26. The number of aliphatic imine (C=N–C) groups is 2. The zero-order valence-corrected chi connectivity index (χ0v) is 17.6. The minimum atomic E-state index is -0.114. The molecular weight excluding hydrogens is 386 g/mol. The maximum Gasteiger partial charge on any atom is 0.266 e. The van der Waals surface area contributed by atoms with E-state index >= 15 is 0 Å². The van der Waals surface area contributed by atoms with Crippen LogP contribution in [0.25, 0.3) is 0 Å². The summed E-state index contributed by atoms with van der Waals surface area (Å²) in [6.07, 6.45) is 0.549. The molecule has 0 bridgehead atoms. The van der Waals surface area contributed by atoms with E-state index in [-0.39, 0.29) is 11.9 Å². The fourth-order valence-corrected chi connectivity index (χ4v) is 4.13. The highest BCUT2D eigenvalue weighted by Crippen LogP contribution is 2.34. The van der Waals surface area contributed by atoms with E-state index < -0.39 is 0 Å². The third kappa shape index (κ3) is 3.63. The largest absolute Gasteiger partial charge is 0.497 e. The molecule has 0 aromatic heterocycles. The van der Waals surface area contributed by atoms with Gasteiger partial charge < -0.3 is 10.1 Å². The van der Waals surface area contributed by atoms with Crippen LogP contribution in [0.15, 0.2) is 76.7 Å². The van der Waals surface area contributed by atoms with Gasteiger partial charge in [-0.05, 0) is 53.9 Å². The normalized spacial score (nSPS) is 14.9. The van der Waals surface area contributed by atoms with Crippen molar-refractivity contribution in [2.45, 2.75) is 25.9 Å². The van der Waals surface area contributed by atoms with Crippen molar-refractivity contribution in [3.8, 4) is 5.75 Å². The molecule has 0 spiro atoms. The predicted molar refractivity (Wildman–Crippen MR) is 123 cm³/mol. The summed E-state index contributed by atoms with van der Waals surface area (Å²) in [4.78, 5) is 22.2. The molecule has 0 aliphatic carbocycles. The number of nitrogens with one attached hydrogen (secondary N) is 1. The molecule has 1 amide bonds. The topological polar surface area (TPSA) is 63.1 Å². The summed E-state index contributed by atoms with van der Waals surface area (Å²) in [7, 11) is 1.66. The van der Waals surface area contributed by atoms with Crippen molar-refractivity contribution in [3.05, 3.63) is 94.5 Å². The molecule has 1 N–H and O–H groups in total. The summed E-state index contributed by atoms with van der Waals surface area (Å²) >= 11 is 0. The van der Waals surface area contributed by atoms with Gasteiger partial charge in [0.2, 0.25) is 0 Å². The minimum absolute atomic E-state index is 0.0704. The van der Waals surface area contributed by atoms with Gasteiger partial charge in [-0.15, -0.1) is 0 Å². The second kappa shape index (κ2) is 7.84. The molecule has 5 nitrogen and oxygen atoms in total. The molecule has 5 heteroatoms. The minimum Gasteiger partial charge on any atom is -0.497 e. The van der Waals surface area contributed by atoms with E-state index in [1.165, 1.54) is 5.56 Å². The molecule has 3 aromatic carbocycles. The molecule has 3 aromatic rings. The van der Waals surface area contributed by atoms with Crippen LogP contribution in [-0.4, -0.2) is 24.4 Å². The van der Waals surface area contributed by atoms with Crippen LogP contribution in [0, 0.1) is 0 Å². The maximum absolute atomic E-state index is 12.8. The van der Waals surface area contributed by atoms with Crippen LogP contribution in [0.1, 0.15) is 40.8 Å². The van der Waals surface area contributed by atoms with Crippen LogP contribution in [-0.2, 0) is 17.8 Å². The summed E-state index contributed by atoms with van der Waals surface area (Å²) in [5, 5.41) is 3.07. The van der Waals surface area contributed by atoms with Crippen molar-refractivity contribution < 1.29 is 9.53 Å². The number of nitrogens with zero attached hydrogens (tertiary/aromatic N) is 2. The Morgan fingerprint density at radius 2 is 1.81 bits per heavy atom. The second-order valence-corrected chi connectivity index (χ2v) is 7.87. The van der Waals surface area contributed by atoms with Crippen molar-refractivity contribution in [1.82, 2.24) is 5.32 Å². The zero-order valence-electron chi connectivity index (χ0n) is 17.6. The van der Waals surface area contributed by atoms with Gasteiger partial charge in [-0.2, -0.15) is 0 Å². The van der Waals surface area contributed by atoms with E-state index in [1.807, 2.05) is 61.5 Å². The van der Waals surface area contributed by atoms with E-state index in [1.54, 1.807) is 7.11 Å². The van der Waals surface area contributed by atoms with E-state index in [0.29, 0.717) is 18.7 Å². The average Bonchev–Trinajstić information content (AvgIpc) is 3.41. The first-order valence-electron chi connectivity index (χ1n) is 10.4. The molecule has 31 heavy (non-hydrogen) atoms. The van der Waals surface area contributed by atoms with E-state index in [2.05, 4.69) is 22.4 Å². The first kappa shape index (κ1) is 19.2. The van der Waals surface area contributed by atoms with Crippen molar-refractivity contribution in [2.24, 2.45) is 9.98 Å². The molecule has 2 aliphatic heterocycles. The highest BCUT2D eigenvalue weighted by molar-refractivity contribution is 6.41. The number of hydrogen-bond acceptors (Lipinski definition) is 4. The zero-order chi connectivity index (χ0) is 21.4. The van der Waals surface area contributed by atoms with Gasteiger partial charge in [0.25, 0.3) is 5.91 Å². The van der Waals surface area contributed by atoms with Crippen LogP contribution < -0.4 is 10.1 Å². The number of benzene rings is 3. The Bertz CT molecular complexity index is 1210. The van der Waals surface area contributed by atoms with Crippen LogP contribution in [0.2, 0.25) is 0 Å². The Morgan fingerprint density at radius 3 is 2.55 bits per heavy atom. The summed E-state index contributed by atoms with van der Waals surface area (Å²) in [5.74, 6) is 0.707. The van der Waals surface area contributed by atoms with Crippen molar-refractivity contribution in [3.63, 3.8) is 0 Å².